The molecule has 0 amide bonds. The average molecular weight is 591 g/mol. The molecule has 0 aliphatic rings. The molecule has 3 heterocycles. The highest BCUT2D eigenvalue weighted by Crippen LogP contribution is 2.37. The van der Waals surface area contributed by atoms with Crippen molar-refractivity contribution in [2.24, 2.45) is 0 Å². The molecule has 0 aliphatic carbocycles. The first kappa shape index (κ1) is 28.6. The van der Waals surface area contributed by atoms with Gasteiger partial charge in [-0.3, -0.25) is 4.57 Å². The molecule has 0 fully saturated rings. The van der Waals surface area contributed by atoms with Crippen LogP contribution in [0.5, 0.6) is 11.5 Å². The van der Waals surface area contributed by atoms with Gasteiger partial charge in [0.2, 0.25) is 0 Å². The van der Waals surface area contributed by atoms with Gasteiger partial charge in [-0.1, -0.05) is 55.3 Å². The third-order valence-corrected chi connectivity index (χ3v) is 8.63. The lowest BCUT2D eigenvalue weighted by Crippen LogP contribution is -2.02. The highest BCUT2D eigenvalue weighted by molar-refractivity contribution is 6.09. The van der Waals surface area contributed by atoms with Gasteiger partial charge in [-0.25, -0.2) is 9.67 Å². The van der Waals surface area contributed by atoms with Crippen molar-refractivity contribution in [3.8, 4) is 34.1 Å². The topological polar surface area (TPSA) is 44.9 Å². The standard InChI is InChI=1S/C40H38N4O/c1-6-7-11-30-22-32(44-29(5)40(28(4)42-44)31-12-9-8-10-13-31)24-34(23-30)45-33-15-16-35-36-20-26(2)14-17-37(36)43(38(35)25-33)39-21-27(3)18-19-41-39/h8-10,12-25H,6-7,11H2,1-5H3. The Hall–Kier alpha value is -5.16. The first-order valence-electron chi connectivity index (χ1n) is 15.8. The summed E-state index contributed by atoms with van der Waals surface area (Å²) < 4.78 is 11.0. The van der Waals surface area contributed by atoms with Gasteiger partial charge in [0.1, 0.15) is 17.3 Å². The molecule has 0 bridgehead atoms. The van der Waals surface area contributed by atoms with Gasteiger partial charge in [0.05, 0.1) is 22.4 Å². The number of aryl methyl sites for hydroxylation is 4. The maximum Gasteiger partial charge on any atom is 0.137 e. The highest BCUT2D eigenvalue weighted by Gasteiger charge is 2.18. The van der Waals surface area contributed by atoms with Gasteiger partial charge >= 0.3 is 0 Å². The SMILES string of the molecule is CCCCc1cc(Oc2ccc3c4cc(C)ccc4n(-c4cc(C)ccn4)c3c2)cc(-n2nc(C)c(-c3ccccc3)c2C)c1. The zero-order chi connectivity index (χ0) is 31.1. The van der Waals surface area contributed by atoms with E-state index in [0.29, 0.717) is 0 Å². The molecule has 5 heteroatoms. The van der Waals surface area contributed by atoms with Crippen LogP contribution in [-0.2, 0) is 6.42 Å². The number of hydrogen-bond acceptors (Lipinski definition) is 3. The van der Waals surface area contributed by atoms with Gasteiger partial charge in [-0.15, -0.1) is 0 Å². The van der Waals surface area contributed by atoms with Gasteiger partial charge < -0.3 is 4.74 Å². The Balaban J connectivity index is 1.34. The Morgan fingerprint density at radius 1 is 0.711 bits per heavy atom. The molecule has 3 aromatic heterocycles. The van der Waals surface area contributed by atoms with Crippen LogP contribution in [0.3, 0.4) is 0 Å². The summed E-state index contributed by atoms with van der Waals surface area (Å²) in [6, 6.07) is 34.2. The monoisotopic (exact) mass is 590 g/mol. The fourth-order valence-corrected chi connectivity index (χ4v) is 6.47. The van der Waals surface area contributed by atoms with Gasteiger partial charge in [-0.05, 0) is 106 Å². The van der Waals surface area contributed by atoms with Crippen LogP contribution in [-0.4, -0.2) is 19.3 Å². The summed E-state index contributed by atoms with van der Waals surface area (Å²) in [7, 11) is 0. The summed E-state index contributed by atoms with van der Waals surface area (Å²) >= 11 is 0. The number of nitrogens with zero attached hydrogens (tertiary/aromatic N) is 4. The maximum absolute atomic E-state index is 6.69. The molecule has 0 unspecified atom stereocenters. The van der Waals surface area contributed by atoms with Crippen molar-refractivity contribution in [2.45, 2.75) is 53.9 Å². The van der Waals surface area contributed by atoms with Gasteiger partial charge in [0.25, 0.3) is 0 Å². The Labute approximate surface area is 264 Å². The summed E-state index contributed by atoms with van der Waals surface area (Å²) in [5.74, 6) is 2.49. The molecule has 224 valence electrons. The highest BCUT2D eigenvalue weighted by atomic mass is 16.5. The predicted octanol–water partition coefficient (Wildman–Crippen LogP) is 10.4. The van der Waals surface area contributed by atoms with E-state index in [4.69, 9.17) is 14.8 Å². The first-order chi connectivity index (χ1) is 21.9. The van der Waals surface area contributed by atoms with E-state index in [9.17, 15) is 0 Å². The molecule has 0 spiro atoms. The van der Waals surface area contributed by atoms with Crippen LogP contribution in [0.2, 0.25) is 0 Å². The normalized spacial score (nSPS) is 11.5. The lowest BCUT2D eigenvalue weighted by Gasteiger charge is -2.13. The second-order valence-corrected chi connectivity index (χ2v) is 12.1. The number of pyridine rings is 1. The summed E-state index contributed by atoms with van der Waals surface area (Å²) in [4.78, 5) is 4.76. The van der Waals surface area contributed by atoms with Gasteiger partial charge in [-0.2, -0.15) is 5.10 Å². The minimum Gasteiger partial charge on any atom is -0.457 e. The van der Waals surface area contributed by atoms with Crippen LogP contribution < -0.4 is 4.74 Å². The fraction of sp³-hybridized carbons (Fsp3) is 0.200. The van der Waals surface area contributed by atoms with E-state index in [2.05, 4.69) is 135 Å². The molecule has 0 radical (unpaired) electrons. The number of hydrogen-bond donors (Lipinski definition) is 0. The van der Waals surface area contributed by atoms with E-state index in [1.54, 1.807) is 0 Å². The van der Waals surface area contributed by atoms with Crippen molar-refractivity contribution < 1.29 is 4.74 Å². The largest absolute Gasteiger partial charge is 0.457 e. The average Bonchev–Trinajstić information content (AvgIpc) is 3.52. The third kappa shape index (κ3) is 5.40. The van der Waals surface area contributed by atoms with E-state index >= 15 is 0 Å². The Bertz CT molecular complexity index is 2170. The van der Waals surface area contributed by atoms with Crippen LogP contribution in [0, 0.1) is 27.7 Å². The van der Waals surface area contributed by atoms with Crippen molar-refractivity contribution in [1.29, 1.82) is 0 Å². The van der Waals surface area contributed by atoms with E-state index in [1.165, 1.54) is 38.6 Å². The predicted molar refractivity (Wildman–Crippen MR) is 185 cm³/mol. The van der Waals surface area contributed by atoms with Crippen molar-refractivity contribution in [2.75, 3.05) is 0 Å². The Kier molecular flexibility index (Phi) is 7.46. The third-order valence-electron chi connectivity index (χ3n) is 8.63. The van der Waals surface area contributed by atoms with Crippen LogP contribution in [0.25, 0.3) is 44.4 Å². The molecule has 0 saturated heterocycles. The Morgan fingerprint density at radius 3 is 2.33 bits per heavy atom. The smallest absolute Gasteiger partial charge is 0.137 e. The molecule has 7 aromatic rings. The lowest BCUT2D eigenvalue weighted by atomic mass is 10.0. The summed E-state index contributed by atoms with van der Waals surface area (Å²) in [6.07, 6.45) is 5.11. The molecule has 0 atom stereocenters. The van der Waals surface area contributed by atoms with Gasteiger partial charge in [0.15, 0.2) is 0 Å². The van der Waals surface area contributed by atoms with Crippen LogP contribution >= 0.6 is 0 Å². The first-order valence-corrected chi connectivity index (χ1v) is 15.8. The van der Waals surface area contributed by atoms with Crippen LogP contribution in [0.15, 0.2) is 103 Å². The number of rotatable bonds is 8. The molecular weight excluding hydrogens is 552 g/mol. The van der Waals surface area contributed by atoms with Crippen molar-refractivity contribution in [3.63, 3.8) is 0 Å². The number of aromatic nitrogens is 4. The second-order valence-electron chi connectivity index (χ2n) is 12.1. The molecule has 7 rings (SSSR count). The summed E-state index contributed by atoms with van der Waals surface area (Å²) in [5.41, 5.74) is 11.3. The molecule has 5 nitrogen and oxygen atoms in total. The lowest BCUT2D eigenvalue weighted by molar-refractivity contribution is 0.482. The van der Waals surface area contributed by atoms with E-state index < -0.39 is 0 Å². The van der Waals surface area contributed by atoms with Crippen molar-refractivity contribution in [1.82, 2.24) is 19.3 Å². The fourth-order valence-electron chi connectivity index (χ4n) is 6.47. The minimum atomic E-state index is 0.785. The molecule has 0 saturated carbocycles. The van der Waals surface area contributed by atoms with E-state index in [1.807, 2.05) is 12.3 Å². The molecule has 4 aromatic carbocycles. The van der Waals surface area contributed by atoms with Crippen molar-refractivity contribution in [3.05, 3.63) is 131 Å². The van der Waals surface area contributed by atoms with E-state index in [0.717, 1.165) is 64.7 Å². The van der Waals surface area contributed by atoms with Crippen molar-refractivity contribution >= 4 is 21.8 Å². The zero-order valence-electron chi connectivity index (χ0n) is 26.6. The van der Waals surface area contributed by atoms with Crippen LogP contribution in [0.1, 0.15) is 47.8 Å². The summed E-state index contributed by atoms with van der Waals surface area (Å²) in [5, 5.41) is 7.39. The zero-order valence-corrected chi connectivity index (χ0v) is 26.6. The van der Waals surface area contributed by atoms with E-state index in [-0.39, 0.29) is 0 Å². The van der Waals surface area contributed by atoms with Gasteiger partial charge in [0, 0.05) is 40.4 Å². The van der Waals surface area contributed by atoms with Crippen LogP contribution in [0.4, 0.5) is 0 Å². The maximum atomic E-state index is 6.69. The molecular formula is C40H38N4O. The number of ether oxygens (including phenoxy) is 1. The number of fused-ring (bicyclic) bond motifs is 3. The minimum absolute atomic E-state index is 0.785. The Morgan fingerprint density at radius 2 is 1.53 bits per heavy atom. The molecule has 0 N–H and O–H groups in total. The molecule has 45 heavy (non-hydrogen) atoms. The second kappa shape index (κ2) is 11.7. The quantitative estimate of drug-likeness (QED) is 0.177. The number of benzene rings is 4. The molecule has 0 aliphatic heterocycles. The number of unbranched alkanes of at least 4 members (excludes halogenated alkanes) is 1. The summed E-state index contributed by atoms with van der Waals surface area (Å²) in [6.45, 7) is 10.7.